The molecule has 2 saturated heterocycles. The number of urea groups is 1. The van der Waals surface area contributed by atoms with E-state index in [1.54, 1.807) is 4.90 Å². The van der Waals surface area contributed by atoms with Gasteiger partial charge in [0.05, 0.1) is 18.8 Å². The van der Waals surface area contributed by atoms with Crippen LogP contribution in [-0.4, -0.2) is 78.0 Å². The number of hydrogen-bond acceptors (Lipinski definition) is 5. The van der Waals surface area contributed by atoms with Gasteiger partial charge in [-0.15, -0.1) is 0 Å². The molecule has 1 aliphatic carbocycles. The highest BCUT2D eigenvalue weighted by molar-refractivity contribution is 9.10. The predicted molar refractivity (Wildman–Crippen MR) is 145 cm³/mol. The molecule has 0 radical (unpaired) electrons. The molecule has 2 fully saturated rings. The molecule has 0 saturated carbocycles. The number of piperazine rings is 1. The Hall–Kier alpha value is -2.20. The minimum atomic E-state index is -0.214. The number of carbonyl (C=O) groups is 2. The number of aromatic nitrogens is 1. The number of hydroxylamine groups is 1. The highest BCUT2D eigenvalue weighted by Crippen LogP contribution is 2.38. The molecule has 3 aliphatic rings. The number of carbonyl (C=O) groups excluding carboxylic acids is 2. The Morgan fingerprint density at radius 1 is 1.05 bits per heavy atom. The molecule has 1 N–H and O–H groups in total. The normalized spacial score (nSPS) is 20.7. The lowest BCUT2D eigenvalue weighted by molar-refractivity contribution is -0.134. The van der Waals surface area contributed by atoms with Gasteiger partial charge in [0.25, 0.3) is 0 Å². The highest BCUT2D eigenvalue weighted by Gasteiger charge is 2.34. The van der Waals surface area contributed by atoms with Crippen LogP contribution in [0.4, 0.5) is 4.79 Å². The second-order valence-corrected chi connectivity index (χ2v) is 11.5. The summed E-state index contributed by atoms with van der Waals surface area (Å²) >= 11 is 9.95. The molecule has 3 heterocycles. The number of likely N-dealkylation sites (tertiary alicyclic amines) is 1. The van der Waals surface area contributed by atoms with Crippen molar-refractivity contribution >= 4 is 39.5 Å². The SMILES string of the molecule is CONC(=O)N1CCC(CC(=O)N2CCN(C3c4ccc(Cl)cc4CCc4cc(Br)cnc43)CC2)CC1. The van der Waals surface area contributed by atoms with E-state index in [9.17, 15) is 9.59 Å². The van der Waals surface area contributed by atoms with E-state index >= 15 is 0 Å². The van der Waals surface area contributed by atoms with E-state index in [1.807, 2.05) is 17.2 Å². The summed E-state index contributed by atoms with van der Waals surface area (Å²) in [4.78, 5) is 40.9. The van der Waals surface area contributed by atoms with Crippen molar-refractivity contribution in [3.8, 4) is 0 Å². The topological polar surface area (TPSA) is 78.0 Å². The van der Waals surface area contributed by atoms with Crippen molar-refractivity contribution in [3.05, 3.63) is 62.3 Å². The fourth-order valence-corrected chi connectivity index (χ4v) is 6.45. The number of aryl methyl sites for hydroxylation is 2. The number of amides is 3. The molecule has 198 valence electrons. The average molecular weight is 591 g/mol. The van der Waals surface area contributed by atoms with Crippen molar-refractivity contribution in [1.82, 2.24) is 25.2 Å². The van der Waals surface area contributed by atoms with Crippen LogP contribution >= 0.6 is 27.5 Å². The van der Waals surface area contributed by atoms with Crippen molar-refractivity contribution in [3.63, 3.8) is 0 Å². The Morgan fingerprint density at radius 2 is 1.78 bits per heavy atom. The molecule has 1 aromatic heterocycles. The van der Waals surface area contributed by atoms with E-state index in [4.69, 9.17) is 21.4 Å². The van der Waals surface area contributed by atoms with E-state index < -0.39 is 0 Å². The van der Waals surface area contributed by atoms with Crippen LogP contribution in [0, 0.1) is 5.92 Å². The third-order valence-electron chi connectivity index (χ3n) is 7.88. The summed E-state index contributed by atoms with van der Waals surface area (Å²) in [5.41, 5.74) is 7.27. The summed E-state index contributed by atoms with van der Waals surface area (Å²) in [5, 5.41) is 0.762. The molecule has 2 aliphatic heterocycles. The monoisotopic (exact) mass is 589 g/mol. The molecule has 3 amide bonds. The van der Waals surface area contributed by atoms with Gasteiger partial charge in [0, 0.05) is 61.4 Å². The Balaban J connectivity index is 1.23. The van der Waals surface area contributed by atoms with Gasteiger partial charge in [-0.1, -0.05) is 17.7 Å². The molecule has 0 spiro atoms. The van der Waals surface area contributed by atoms with Gasteiger partial charge in [-0.25, -0.2) is 10.3 Å². The fraction of sp³-hybridized carbons (Fsp3) is 0.519. The second-order valence-electron chi connectivity index (χ2n) is 10.1. The molecule has 1 unspecified atom stereocenters. The molecule has 10 heteroatoms. The van der Waals surface area contributed by atoms with Gasteiger partial charge in [0.1, 0.15) is 0 Å². The number of pyridine rings is 1. The smallest absolute Gasteiger partial charge is 0.340 e. The first kappa shape index (κ1) is 26.4. The molecular weight excluding hydrogens is 558 g/mol. The fourth-order valence-electron chi connectivity index (χ4n) is 5.88. The largest absolute Gasteiger partial charge is 0.341 e. The van der Waals surface area contributed by atoms with Crippen molar-refractivity contribution in [1.29, 1.82) is 0 Å². The Kier molecular flexibility index (Phi) is 8.34. The van der Waals surface area contributed by atoms with Crippen molar-refractivity contribution in [2.75, 3.05) is 46.4 Å². The van der Waals surface area contributed by atoms with Gasteiger partial charge in [0.2, 0.25) is 5.91 Å². The van der Waals surface area contributed by atoms with Gasteiger partial charge in [-0.05, 0) is 82.4 Å². The van der Waals surface area contributed by atoms with Crippen molar-refractivity contribution in [2.24, 2.45) is 5.92 Å². The number of rotatable bonds is 4. The maximum atomic E-state index is 13.2. The first-order chi connectivity index (χ1) is 17.9. The average Bonchev–Trinajstić information content (AvgIpc) is 3.05. The van der Waals surface area contributed by atoms with Gasteiger partial charge < -0.3 is 9.80 Å². The van der Waals surface area contributed by atoms with Crippen LogP contribution in [-0.2, 0) is 22.5 Å². The number of piperidine rings is 1. The predicted octanol–water partition coefficient (Wildman–Crippen LogP) is 4.20. The van der Waals surface area contributed by atoms with Crippen LogP contribution in [0.3, 0.4) is 0 Å². The van der Waals surface area contributed by atoms with E-state index in [2.05, 4.69) is 44.5 Å². The maximum absolute atomic E-state index is 13.2. The lowest BCUT2D eigenvalue weighted by Gasteiger charge is -2.40. The number of nitrogens with one attached hydrogen (secondary N) is 1. The van der Waals surface area contributed by atoms with Gasteiger partial charge >= 0.3 is 6.03 Å². The zero-order valence-electron chi connectivity index (χ0n) is 21.1. The van der Waals surface area contributed by atoms with Crippen LogP contribution in [0.15, 0.2) is 34.9 Å². The second kappa shape index (κ2) is 11.7. The highest BCUT2D eigenvalue weighted by atomic mass is 79.9. The third kappa shape index (κ3) is 5.95. The standard InChI is InChI=1S/C27H33BrClN5O3/c1-37-31-27(36)34-8-6-18(7-9-34)14-24(35)32-10-12-33(13-11-32)26-23-5-4-22(29)16-19(23)2-3-20-15-21(28)17-30-25(20)26/h4-5,15-18,26H,2-3,6-14H2,1H3,(H,31,36). The van der Waals surface area contributed by atoms with E-state index in [1.165, 1.54) is 23.8 Å². The van der Waals surface area contributed by atoms with Crippen molar-refractivity contribution < 1.29 is 14.4 Å². The zero-order chi connectivity index (χ0) is 25.9. The molecule has 37 heavy (non-hydrogen) atoms. The molecule has 5 rings (SSSR count). The van der Waals surface area contributed by atoms with Crippen LogP contribution in [0.25, 0.3) is 0 Å². The minimum absolute atomic E-state index is 0.0534. The summed E-state index contributed by atoms with van der Waals surface area (Å²) in [5.74, 6) is 0.528. The van der Waals surface area contributed by atoms with E-state index in [-0.39, 0.29) is 18.0 Å². The third-order valence-corrected chi connectivity index (χ3v) is 8.55. The van der Waals surface area contributed by atoms with Gasteiger partial charge in [0.15, 0.2) is 0 Å². The molecule has 8 nitrogen and oxygen atoms in total. The lowest BCUT2D eigenvalue weighted by Crippen LogP contribution is -2.50. The quantitative estimate of drug-likeness (QED) is 0.540. The molecule has 1 aromatic carbocycles. The van der Waals surface area contributed by atoms with Gasteiger partial charge in [-0.3, -0.25) is 19.5 Å². The minimum Gasteiger partial charge on any atom is -0.340 e. The summed E-state index contributed by atoms with van der Waals surface area (Å²) in [7, 11) is 1.43. The van der Waals surface area contributed by atoms with Crippen LogP contribution in [0.5, 0.6) is 0 Å². The number of benzene rings is 1. The van der Waals surface area contributed by atoms with Crippen molar-refractivity contribution in [2.45, 2.75) is 38.1 Å². The van der Waals surface area contributed by atoms with Gasteiger partial charge in [-0.2, -0.15) is 0 Å². The molecule has 2 aromatic rings. The summed E-state index contributed by atoms with van der Waals surface area (Å²) < 4.78 is 0.995. The first-order valence-electron chi connectivity index (χ1n) is 12.9. The lowest BCUT2D eigenvalue weighted by atomic mass is 9.93. The number of fused-ring (bicyclic) bond motifs is 2. The summed E-state index contributed by atoms with van der Waals surface area (Å²) in [6.45, 7) is 4.30. The Labute approximate surface area is 231 Å². The zero-order valence-corrected chi connectivity index (χ0v) is 23.4. The summed E-state index contributed by atoms with van der Waals surface area (Å²) in [6.07, 6.45) is 5.96. The number of nitrogens with zero attached hydrogens (tertiary/aromatic N) is 4. The molecular formula is C27H33BrClN5O3. The van der Waals surface area contributed by atoms with E-state index in [0.717, 1.165) is 54.0 Å². The van der Waals surface area contributed by atoms with Crippen LogP contribution in [0.1, 0.15) is 47.7 Å². The van der Waals surface area contributed by atoms with Crippen LogP contribution < -0.4 is 5.48 Å². The number of halogens is 2. The number of hydrogen-bond donors (Lipinski definition) is 1. The van der Waals surface area contributed by atoms with Crippen LogP contribution in [0.2, 0.25) is 5.02 Å². The molecule has 0 bridgehead atoms. The van der Waals surface area contributed by atoms with E-state index in [0.29, 0.717) is 38.5 Å². The Bertz CT molecular complexity index is 1100. The Morgan fingerprint density at radius 3 is 2.51 bits per heavy atom. The maximum Gasteiger partial charge on any atom is 0.341 e. The molecule has 1 atom stereocenters. The first-order valence-corrected chi connectivity index (χ1v) is 14.1. The summed E-state index contributed by atoms with van der Waals surface area (Å²) in [6, 6.07) is 8.24.